The molecule has 0 bridgehead atoms. The Balaban J connectivity index is 0.00000280. The van der Waals surface area contributed by atoms with Crippen LogP contribution in [-0.2, 0) is 6.42 Å². The maximum Gasteiger partial charge on any atom is 0.198 e. The number of nitrogens with one attached hydrogen (secondary N) is 1. The molecule has 0 saturated heterocycles. The Kier molecular flexibility index (Phi) is 8.37. The minimum absolute atomic E-state index is 0. The van der Waals surface area contributed by atoms with Gasteiger partial charge in [-0.15, -0.1) is 24.0 Å². The predicted molar refractivity (Wildman–Crippen MR) is 123 cm³/mol. The maximum absolute atomic E-state index is 10.6. The van der Waals surface area contributed by atoms with Crippen molar-refractivity contribution in [2.75, 3.05) is 38.8 Å². The third-order valence-electron chi connectivity index (χ3n) is 4.68. The minimum atomic E-state index is -0.726. The van der Waals surface area contributed by atoms with Crippen LogP contribution in [-0.4, -0.2) is 44.9 Å². The summed E-state index contributed by atoms with van der Waals surface area (Å²) in [6.07, 6.45) is 0.273. The summed E-state index contributed by atoms with van der Waals surface area (Å²) in [4.78, 5) is 6.86. The Morgan fingerprint density at radius 1 is 1.18 bits per heavy atom. The number of anilines is 1. The van der Waals surface area contributed by atoms with Crippen LogP contribution < -0.4 is 19.7 Å². The SMILES string of the molecule is CCNC(=NCC(O)c1ccc(OC)c(OC)c1)N1CCc2ccccc21.I. The zero-order chi connectivity index (χ0) is 19.2. The lowest BCUT2D eigenvalue weighted by Gasteiger charge is -2.23. The van der Waals surface area contributed by atoms with Gasteiger partial charge in [0.2, 0.25) is 0 Å². The minimum Gasteiger partial charge on any atom is -0.493 e. The molecule has 1 aliphatic rings. The number of hydrogen-bond donors (Lipinski definition) is 2. The Labute approximate surface area is 183 Å². The molecular weight excluding hydrogens is 469 g/mol. The van der Waals surface area contributed by atoms with Crippen molar-refractivity contribution >= 4 is 35.6 Å². The topological polar surface area (TPSA) is 66.3 Å². The van der Waals surface area contributed by atoms with Crippen LogP contribution in [0.2, 0.25) is 0 Å². The van der Waals surface area contributed by atoms with Gasteiger partial charge in [-0.3, -0.25) is 0 Å². The average Bonchev–Trinajstić information content (AvgIpc) is 3.14. The monoisotopic (exact) mass is 497 g/mol. The van der Waals surface area contributed by atoms with E-state index in [9.17, 15) is 5.11 Å². The Bertz CT molecular complexity index is 813. The maximum atomic E-state index is 10.6. The molecule has 0 spiro atoms. The van der Waals surface area contributed by atoms with Gasteiger partial charge in [0.25, 0.3) is 0 Å². The lowest BCUT2D eigenvalue weighted by atomic mass is 10.1. The quantitative estimate of drug-likeness (QED) is 0.364. The van der Waals surface area contributed by atoms with Gasteiger partial charge in [-0.05, 0) is 42.7 Å². The zero-order valence-corrected chi connectivity index (χ0v) is 18.8. The van der Waals surface area contributed by atoms with Crippen LogP contribution in [0.1, 0.15) is 24.2 Å². The molecule has 2 aromatic carbocycles. The van der Waals surface area contributed by atoms with Gasteiger partial charge in [0.1, 0.15) is 0 Å². The largest absolute Gasteiger partial charge is 0.493 e. The van der Waals surface area contributed by atoms with Crippen molar-refractivity contribution in [3.8, 4) is 11.5 Å². The molecule has 152 valence electrons. The van der Waals surface area contributed by atoms with Crippen LogP contribution in [0, 0.1) is 0 Å². The van der Waals surface area contributed by atoms with Crippen LogP contribution in [0.4, 0.5) is 5.69 Å². The lowest BCUT2D eigenvalue weighted by molar-refractivity contribution is 0.186. The van der Waals surface area contributed by atoms with E-state index in [1.54, 1.807) is 26.4 Å². The van der Waals surface area contributed by atoms with E-state index in [0.717, 1.165) is 31.0 Å². The fraction of sp³-hybridized carbons (Fsp3) is 0.381. The standard InChI is InChI=1S/C21H27N3O3.HI/c1-4-22-21(24-12-11-15-7-5-6-8-17(15)24)23-14-18(25)16-9-10-19(26-2)20(13-16)27-3;/h5-10,13,18,25H,4,11-12,14H2,1-3H3,(H,22,23);1H. The van der Waals surface area contributed by atoms with E-state index in [4.69, 9.17) is 9.47 Å². The van der Waals surface area contributed by atoms with Gasteiger partial charge in [-0.2, -0.15) is 0 Å². The average molecular weight is 497 g/mol. The number of methoxy groups -OCH3 is 2. The molecule has 0 fully saturated rings. The number of fused-ring (bicyclic) bond motifs is 1. The summed E-state index contributed by atoms with van der Waals surface area (Å²) in [6, 6.07) is 13.8. The summed E-state index contributed by atoms with van der Waals surface area (Å²) < 4.78 is 10.6. The van der Waals surface area contributed by atoms with Crippen LogP contribution in [0.3, 0.4) is 0 Å². The van der Waals surface area contributed by atoms with E-state index in [-0.39, 0.29) is 30.5 Å². The van der Waals surface area contributed by atoms with Crippen molar-refractivity contribution in [2.24, 2.45) is 4.99 Å². The van der Waals surface area contributed by atoms with E-state index in [1.165, 1.54) is 11.3 Å². The first kappa shape index (κ1) is 22.3. The Morgan fingerprint density at radius 2 is 1.93 bits per heavy atom. The van der Waals surface area contributed by atoms with Crippen molar-refractivity contribution < 1.29 is 14.6 Å². The second-order valence-corrected chi connectivity index (χ2v) is 6.36. The van der Waals surface area contributed by atoms with Crippen LogP contribution in [0.25, 0.3) is 0 Å². The van der Waals surface area contributed by atoms with E-state index in [0.29, 0.717) is 11.5 Å². The van der Waals surface area contributed by atoms with Crippen molar-refractivity contribution in [3.63, 3.8) is 0 Å². The van der Waals surface area contributed by atoms with Gasteiger partial charge in [0.05, 0.1) is 26.9 Å². The number of hydrogen-bond acceptors (Lipinski definition) is 4. The van der Waals surface area contributed by atoms with Gasteiger partial charge in [-0.25, -0.2) is 4.99 Å². The number of benzene rings is 2. The van der Waals surface area contributed by atoms with Gasteiger partial charge < -0.3 is 24.8 Å². The molecule has 1 unspecified atom stereocenters. The molecule has 0 saturated carbocycles. The molecule has 0 amide bonds. The van der Waals surface area contributed by atoms with Crippen molar-refractivity contribution in [1.29, 1.82) is 0 Å². The summed E-state index contributed by atoms with van der Waals surface area (Å²) in [5, 5.41) is 13.9. The highest BCUT2D eigenvalue weighted by Crippen LogP contribution is 2.30. The van der Waals surface area contributed by atoms with Crippen molar-refractivity contribution in [2.45, 2.75) is 19.4 Å². The highest BCUT2D eigenvalue weighted by molar-refractivity contribution is 14.0. The number of halogens is 1. The third-order valence-corrected chi connectivity index (χ3v) is 4.68. The van der Waals surface area contributed by atoms with Crippen LogP contribution in [0.5, 0.6) is 11.5 Å². The van der Waals surface area contributed by atoms with E-state index in [1.807, 2.05) is 19.1 Å². The van der Waals surface area contributed by atoms with Gasteiger partial charge in [0, 0.05) is 18.8 Å². The van der Waals surface area contributed by atoms with Gasteiger partial charge in [0.15, 0.2) is 17.5 Å². The zero-order valence-electron chi connectivity index (χ0n) is 16.5. The number of aliphatic hydroxyl groups excluding tert-OH is 1. The highest BCUT2D eigenvalue weighted by atomic mass is 127. The number of aliphatic hydroxyl groups is 1. The fourth-order valence-electron chi connectivity index (χ4n) is 3.29. The number of rotatable bonds is 6. The Morgan fingerprint density at radius 3 is 2.64 bits per heavy atom. The molecule has 0 radical (unpaired) electrons. The molecule has 1 atom stereocenters. The van der Waals surface area contributed by atoms with Crippen molar-refractivity contribution in [1.82, 2.24) is 5.32 Å². The molecule has 0 aromatic heterocycles. The first-order chi connectivity index (χ1) is 13.2. The van der Waals surface area contributed by atoms with Crippen LogP contribution in [0.15, 0.2) is 47.5 Å². The molecule has 0 aliphatic carbocycles. The number of para-hydroxylation sites is 1. The molecule has 1 aliphatic heterocycles. The molecule has 6 nitrogen and oxygen atoms in total. The summed E-state index contributed by atoms with van der Waals surface area (Å²) >= 11 is 0. The number of guanidine groups is 1. The Hall–Kier alpha value is -2.00. The van der Waals surface area contributed by atoms with E-state index >= 15 is 0 Å². The summed E-state index contributed by atoms with van der Waals surface area (Å²) in [6.45, 7) is 3.96. The van der Waals surface area contributed by atoms with E-state index < -0.39 is 6.10 Å². The smallest absolute Gasteiger partial charge is 0.198 e. The molecule has 2 N–H and O–H groups in total. The normalized spacial score (nSPS) is 14.1. The van der Waals surface area contributed by atoms with Gasteiger partial charge >= 0.3 is 0 Å². The molecule has 3 rings (SSSR count). The molecule has 2 aromatic rings. The lowest BCUT2D eigenvalue weighted by Crippen LogP contribution is -2.40. The number of ether oxygens (including phenoxy) is 2. The predicted octanol–water partition coefficient (Wildman–Crippen LogP) is 3.38. The first-order valence-electron chi connectivity index (χ1n) is 9.21. The summed E-state index contributed by atoms with van der Waals surface area (Å²) in [7, 11) is 3.18. The number of aliphatic imine (C=N–C) groups is 1. The summed E-state index contributed by atoms with van der Waals surface area (Å²) in [5.74, 6) is 2.03. The van der Waals surface area contributed by atoms with Gasteiger partial charge in [-0.1, -0.05) is 24.3 Å². The third kappa shape index (κ3) is 4.88. The second kappa shape index (κ2) is 10.5. The summed E-state index contributed by atoms with van der Waals surface area (Å²) in [5.41, 5.74) is 3.25. The second-order valence-electron chi connectivity index (χ2n) is 6.36. The molecular formula is C21H28IN3O3. The molecule has 28 heavy (non-hydrogen) atoms. The van der Waals surface area contributed by atoms with E-state index in [2.05, 4.69) is 33.4 Å². The first-order valence-corrected chi connectivity index (χ1v) is 9.21. The number of nitrogens with zero attached hydrogens (tertiary/aromatic N) is 2. The molecule has 7 heteroatoms. The van der Waals surface area contributed by atoms with Crippen molar-refractivity contribution in [3.05, 3.63) is 53.6 Å². The highest BCUT2D eigenvalue weighted by Gasteiger charge is 2.22. The fourth-order valence-corrected chi connectivity index (χ4v) is 3.29. The van der Waals surface area contributed by atoms with Crippen LogP contribution >= 0.6 is 24.0 Å². The molecule has 1 heterocycles.